The van der Waals surface area contributed by atoms with E-state index in [9.17, 15) is 4.79 Å². The molecular formula is C16H27N9O. The fourth-order valence-electron chi connectivity index (χ4n) is 3.40. The lowest BCUT2D eigenvalue weighted by Crippen LogP contribution is -2.39. The second-order valence-electron chi connectivity index (χ2n) is 7.13. The van der Waals surface area contributed by atoms with E-state index < -0.39 is 0 Å². The number of rotatable bonds is 7. The Morgan fingerprint density at radius 2 is 2.19 bits per heavy atom. The molecule has 1 amide bonds. The maximum Gasteiger partial charge on any atom is 0.222 e. The number of hydrogen-bond donors (Lipinski definition) is 0. The standard InChI is InChI=1S/C16H27N9O/c1-22(2)11-14-18-19-16(23(14)3)13-6-4-8-24(10-13)15(26)7-5-9-25-12-17-20-21-25/h12-13H,4-11H2,1-3H3. The van der Waals surface area contributed by atoms with Crippen LogP contribution in [0.4, 0.5) is 0 Å². The number of aromatic nitrogens is 7. The molecule has 0 N–H and O–H groups in total. The van der Waals surface area contributed by atoms with Crippen molar-refractivity contribution in [3.8, 4) is 0 Å². The van der Waals surface area contributed by atoms with E-state index in [2.05, 4.69) is 35.2 Å². The summed E-state index contributed by atoms with van der Waals surface area (Å²) in [6.45, 7) is 2.96. The summed E-state index contributed by atoms with van der Waals surface area (Å²) in [6.07, 6.45) is 4.86. The first-order chi connectivity index (χ1) is 12.5. The molecule has 3 heterocycles. The molecule has 26 heavy (non-hydrogen) atoms. The van der Waals surface area contributed by atoms with Crippen molar-refractivity contribution >= 4 is 5.91 Å². The molecule has 1 atom stereocenters. The molecule has 0 saturated carbocycles. The average Bonchev–Trinajstić information content (AvgIpc) is 3.25. The minimum atomic E-state index is 0.193. The molecule has 0 spiro atoms. The first-order valence-corrected chi connectivity index (χ1v) is 9.06. The van der Waals surface area contributed by atoms with Crippen molar-refractivity contribution < 1.29 is 4.79 Å². The van der Waals surface area contributed by atoms with Crippen molar-refractivity contribution in [3.63, 3.8) is 0 Å². The molecule has 1 aliphatic rings. The van der Waals surface area contributed by atoms with Crippen LogP contribution in [0.2, 0.25) is 0 Å². The van der Waals surface area contributed by atoms with Gasteiger partial charge >= 0.3 is 0 Å². The second kappa shape index (κ2) is 8.35. The molecule has 0 radical (unpaired) electrons. The van der Waals surface area contributed by atoms with Gasteiger partial charge in [-0.3, -0.25) is 4.79 Å². The summed E-state index contributed by atoms with van der Waals surface area (Å²) in [5, 5.41) is 19.7. The number of carbonyl (C=O) groups excluding carboxylic acids is 1. The van der Waals surface area contributed by atoms with Gasteiger partial charge in [0, 0.05) is 39.0 Å². The zero-order valence-electron chi connectivity index (χ0n) is 15.7. The predicted molar refractivity (Wildman–Crippen MR) is 94.0 cm³/mol. The number of piperidine rings is 1. The number of amides is 1. The van der Waals surface area contributed by atoms with Crippen LogP contribution >= 0.6 is 0 Å². The van der Waals surface area contributed by atoms with Crippen molar-refractivity contribution in [3.05, 3.63) is 18.0 Å². The summed E-state index contributed by atoms with van der Waals surface area (Å²) >= 11 is 0. The van der Waals surface area contributed by atoms with Gasteiger partial charge in [0.2, 0.25) is 5.91 Å². The minimum Gasteiger partial charge on any atom is -0.342 e. The van der Waals surface area contributed by atoms with E-state index in [1.54, 1.807) is 11.0 Å². The molecule has 3 rings (SSSR count). The Morgan fingerprint density at radius 1 is 1.35 bits per heavy atom. The van der Waals surface area contributed by atoms with Crippen LogP contribution in [-0.2, 0) is 24.9 Å². The third-order valence-corrected chi connectivity index (χ3v) is 4.76. The predicted octanol–water partition coefficient (Wildman–Crippen LogP) is 0.0496. The fraction of sp³-hybridized carbons (Fsp3) is 0.750. The van der Waals surface area contributed by atoms with E-state index in [1.165, 1.54) is 0 Å². The highest BCUT2D eigenvalue weighted by Crippen LogP contribution is 2.26. The SMILES string of the molecule is CN(C)Cc1nnc(C2CCCN(C(=O)CCCn3cnnn3)C2)n1C. The van der Waals surface area contributed by atoms with Gasteiger partial charge in [0.05, 0.1) is 6.54 Å². The van der Waals surface area contributed by atoms with Gasteiger partial charge in [-0.05, 0) is 43.8 Å². The van der Waals surface area contributed by atoms with Gasteiger partial charge in [0.1, 0.15) is 18.0 Å². The van der Waals surface area contributed by atoms with Crippen LogP contribution in [0.15, 0.2) is 6.33 Å². The number of carbonyl (C=O) groups is 1. The van der Waals surface area contributed by atoms with Crippen molar-refractivity contribution in [1.29, 1.82) is 0 Å². The van der Waals surface area contributed by atoms with E-state index in [0.717, 1.165) is 50.5 Å². The Kier molecular flexibility index (Phi) is 5.92. The summed E-state index contributed by atoms with van der Waals surface area (Å²) in [7, 11) is 6.05. The smallest absolute Gasteiger partial charge is 0.222 e. The van der Waals surface area contributed by atoms with Gasteiger partial charge in [-0.25, -0.2) is 4.68 Å². The van der Waals surface area contributed by atoms with Gasteiger partial charge in [-0.15, -0.1) is 15.3 Å². The van der Waals surface area contributed by atoms with E-state index in [-0.39, 0.29) is 11.8 Å². The number of likely N-dealkylation sites (tertiary alicyclic amines) is 1. The Bertz CT molecular complexity index is 709. The average molecular weight is 361 g/mol. The molecule has 0 bridgehead atoms. The van der Waals surface area contributed by atoms with Crippen LogP contribution in [-0.4, -0.2) is 77.9 Å². The first-order valence-electron chi connectivity index (χ1n) is 9.06. The normalized spacial score (nSPS) is 17.8. The van der Waals surface area contributed by atoms with Crippen molar-refractivity contribution in [2.45, 2.75) is 44.7 Å². The molecule has 2 aromatic rings. The highest BCUT2D eigenvalue weighted by molar-refractivity contribution is 5.76. The molecule has 142 valence electrons. The quantitative estimate of drug-likeness (QED) is 0.687. The molecular weight excluding hydrogens is 334 g/mol. The zero-order chi connectivity index (χ0) is 18.5. The number of tetrazole rings is 1. The van der Waals surface area contributed by atoms with Crippen LogP contribution in [0.1, 0.15) is 43.3 Å². The van der Waals surface area contributed by atoms with Crippen molar-refractivity contribution in [2.75, 3.05) is 27.2 Å². The Morgan fingerprint density at radius 3 is 2.92 bits per heavy atom. The molecule has 2 aromatic heterocycles. The van der Waals surface area contributed by atoms with E-state index in [4.69, 9.17) is 0 Å². The van der Waals surface area contributed by atoms with E-state index in [0.29, 0.717) is 13.0 Å². The summed E-state index contributed by atoms with van der Waals surface area (Å²) in [6, 6.07) is 0. The van der Waals surface area contributed by atoms with Crippen LogP contribution in [0.3, 0.4) is 0 Å². The third-order valence-electron chi connectivity index (χ3n) is 4.76. The first kappa shape index (κ1) is 18.4. The Labute approximate surface area is 153 Å². The highest BCUT2D eigenvalue weighted by Gasteiger charge is 2.28. The Balaban J connectivity index is 1.55. The van der Waals surface area contributed by atoms with Gasteiger partial charge in [0.25, 0.3) is 0 Å². The van der Waals surface area contributed by atoms with Gasteiger partial charge in [-0.2, -0.15) is 0 Å². The summed E-state index contributed by atoms with van der Waals surface area (Å²) in [4.78, 5) is 16.6. The van der Waals surface area contributed by atoms with Crippen LogP contribution in [0.5, 0.6) is 0 Å². The summed E-state index contributed by atoms with van der Waals surface area (Å²) in [5.41, 5.74) is 0. The maximum absolute atomic E-state index is 12.6. The van der Waals surface area contributed by atoms with E-state index >= 15 is 0 Å². The lowest BCUT2D eigenvalue weighted by atomic mass is 9.96. The molecule has 1 saturated heterocycles. The lowest BCUT2D eigenvalue weighted by molar-refractivity contribution is -0.132. The topological polar surface area (TPSA) is 97.9 Å². The zero-order valence-corrected chi connectivity index (χ0v) is 15.7. The maximum atomic E-state index is 12.6. The third kappa shape index (κ3) is 4.43. The Hall–Kier alpha value is -2.36. The lowest BCUT2D eigenvalue weighted by Gasteiger charge is -2.32. The van der Waals surface area contributed by atoms with Gasteiger partial charge in [0.15, 0.2) is 0 Å². The van der Waals surface area contributed by atoms with Crippen molar-refractivity contribution in [2.24, 2.45) is 7.05 Å². The molecule has 10 nitrogen and oxygen atoms in total. The summed E-state index contributed by atoms with van der Waals surface area (Å²) in [5.74, 6) is 2.38. The molecule has 1 unspecified atom stereocenters. The van der Waals surface area contributed by atoms with Gasteiger partial charge in [-0.1, -0.05) is 0 Å². The number of nitrogens with zero attached hydrogens (tertiary/aromatic N) is 9. The highest BCUT2D eigenvalue weighted by atomic mass is 16.2. The van der Waals surface area contributed by atoms with Crippen LogP contribution in [0, 0.1) is 0 Å². The summed E-state index contributed by atoms with van der Waals surface area (Å²) < 4.78 is 3.73. The van der Waals surface area contributed by atoms with Gasteiger partial charge < -0.3 is 14.4 Å². The number of hydrogen-bond acceptors (Lipinski definition) is 7. The minimum absolute atomic E-state index is 0.193. The van der Waals surface area contributed by atoms with Crippen LogP contribution < -0.4 is 0 Å². The molecule has 1 aliphatic heterocycles. The fourth-order valence-corrected chi connectivity index (χ4v) is 3.40. The van der Waals surface area contributed by atoms with Crippen LogP contribution in [0.25, 0.3) is 0 Å². The van der Waals surface area contributed by atoms with Crippen molar-refractivity contribution in [1.82, 2.24) is 44.8 Å². The monoisotopic (exact) mass is 361 g/mol. The second-order valence-corrected chi connectivity index (χ2v) is 7.13. The molecule has 0 aliphatic carbocycles. The molecule has 10 heteroatoms. The number of aryl methyl sites for hydroxylation is 1. The van der Waals surface area contributed by atoms with E-state index in [1.807, 2.05) is 26.0 Å². The molecule has 1 fully saturated rings. The largest absolute Gasteiger partial charge is 0.342 e. The molecule has 0 aromatic carbocycles.